The molecule has 0 spiro atoms. The molecule has 1 aromatic heterocycles. The molecule has 0 fully saturated rings. The molecule has 0 radical (unpaired) electrons. The Balaban J connectivity index is 2.00. The molecule has 0 aliphatic heterocycles. The fraction of sp³-hybridized carbons (Fsp3) is 0.267. The van der Waals surface area contributed by atoms with Gasteiger partial charge in [0.05, 0.1) is 0 Å². The molecule has 0 aliphatic rings. The summed E-state index contributed by atoms with van der Waals surface area (Å²) in [6.07, 6.45) is 2.87. The van der Waals surface area contributed by atoms with E-state index in [-0.39, 0.29) is 0 Å². The molecule has 0 unspecified atom stereocenters. The molecule has 1 heterocycles. The summed E-state index contributed by atoms with van der Waals surface area (Å²) in [7, 11) is 0. The van der Waals surface area contributed by atoms with Gasteiger partial charge in [0.25, 0.3) is 0 Å². The summed E-state index contributed by atoms with van der Waals surface area (Å²) in [6.45, 7) is 3.57. The van der Waals surface area contributed by atoms with Crippen molar-refractivity contribution < 1.29 is 4.74 Å². The number of nitrogens with one attached hydrogen (secondary N) is 1. The minimum Gasteiger partial charge on any atom is -0.489 e. The Morgan fingerprint density at radius 1 is 1.21 bits per heavy atom. The van der Waals surface area contributed by atoms with Gasteiger partial charge in [-0.2, -0.15) is 0 Å². The Kier molecular flexibility index (Phi) is 5.21. The van der Waals surface area contributed by atoms with E-state index < -0.39 is 0 Å². The number of nitrogens with zero attached hydrogens (tertiary/aromatic N) is 1. The molecule has 0 saturated carbocycles. The molecule has 0 amide bonds. The number of rotatable bonds is 6. The van der Waals surface area contributed by atoms with Crippen LogP contribution < -0.4 is 10.1 Å². The molecular weight excluding hydrogens is 304 g/mol. The van der Waals surface area contributed by atoms with Gasteiger partial charge >= 0.3 is 0 Å². The first-order valence-corrected chi connectivity index (χ1v) is 7.15. The van der Waals surface area contributed by atoms with Crippen LogP contribution in [0, 0.1) is 0 Å². The molecule has 1 N–H and O–H groups in total. The second kappa shape index (κ2) is 7.14. The number of aromatic nitrogens is 1. The average molecular weight is 321 g/mol. The van der Waals surface area contributed by atoms with E-state index in [2.05, 4.69) is 33.2 Å². The molecule has 0 bridgehead atoms. The van der Waals surface area contributed by atoms with Crippen LogP contribution >= 0.6 is 15.9 Å². The van der Waals surface area contributed by atoms with Crippen molar-refractivity contribution in [1.29, 1.82) is 0 Å². The van der Waals surface area contributed by atoms with Gasteiger partial charge in [-0.25, -0.2) is 4.98 Å². The Bertz CT molecular complexity index is 514. The van der Waals surface area contributed by atoms with Gasteiger partial charge in [-0.1, -0.05) is 28.9 Å². The molecule has 19 heavy (non-hydrogen) atoms. The highest BCUT2D eigenvalue weighted by Crippen LogP contribution is 2.19. The SMILES string of the molecule is CCCNc1ncccc1COc1ccc(Br)cc1. The molecule has 0 saturated heterocycles. The van der Waals surface area contributed by atoms with Crippen LogP contribution in [0.2, 0.25) is 0 Å². The van der Waals surface area contributed by atoms with E-state index in [9.17, 15) is 0 Å². The number of benzene rings is 1. The number of ether oxygens (including phenoxy) is 1. The molecule has 0 aliphatic carbocycles. The minimum absolute atomic E-state index is 0.515. The third kappa shape index (κ3) is 4.24. The van der Waals surface area contributed by atoms with Crippen LogP contribution in [0.4, 0.5) is 5.82 Å². The van der Waals surface area contributed by atoms with E-state index in [1.807, 2.05) is 36.4 Å². The van der Waals surface area contributed by atoms with Crippen LogP contribution in [-0.4, -0.2) is 11.5 Å². The summed E-state index contributed by atoms with van der Waals surface area (Å²) >= 11 is 3.41. The lowest BCUT2D eigenvalue weighted by atomic mass is 10.2. The van der Waals surface area contributed by atoms with E-state index in [4.69, 9.17) is 4.74 Å². The predicted octanol–water partition coefficient (Wildman–Crippen LogP) is 4.25. The van der Waals surface area contributed by atoms with E-state index >= 15 is 0 Å². The minimum atomic E-state index is 0.515. The highest BCUT2D eigenvalue weighted by atomic mass is 79.9. The van der Waals surface area contributed by atoms with E-state index in [1.165, 1.54) is 0 Å². The lowest BCUT2D eigenvalue weighted by Crippen LogP contribution is -2.07. The highest BCUT2D eigenvalue weighted by Gasteiger charge is 2.03. The smallest absolute Gasteiger partial charge is 0.132 e. The van der Waals surface area contributed by atoms with Crippen LogP contribution in [0.5, 0.6) is 5.75 Å². The third-order valence-electron chi connectivity index (χ3n) is 2.64. The largest absolute Gasteiger partial charge is 0.489 e. The average Bonchev–Trinajstić information content (AvgIpc) is 2.45. The maximum absolute atomic E-state index is 5.77. The number of hydrogen-bond donors (Lipinski definition) is 1. The summed E-state index contributed by atoms with van der Waals surface area (Å²) in [5.74, 6) is 1.76. The summed E-state index contributed by atoms with van der Waals surface area (Å²) in [4.78, 5) is 4.34. The van der Waals surface area contributed by atoms with Gasteiger partial charge < -0.3 is 10.1 Å². The maximum Gasteiger partial charge on any atom is 0.132 e. The van der Waals surface area contributed by atoms with Crippen molar-refractivity contribution in [2.24, 2.45) is 0 Å². The van der Waals surface area contributed by atoms with Crippen molar-refractivity contribution in [2.45, 2.75) is 20.0 Å². The lowest BCUT2D eigenvalue weighted by Gasteiger charge is -2.11. The lowest BCUT2D eigenvalue weighted by molar-refractivity contribution is 0.306. The normalized spacial score (nSPS) is 10.2. The van der Waals surface area contributed by atoms with E-state index in [1.54, 1.807) is 6.20 Å². The van der Waals surface area contributed by atoms with E-state index in [0.29, 0.717) is 6.61 Å². The van der Waals surface area contributed by atoms with Gasteiger partial charge in [0.1, 0.15) is 18.2 Å². The van der Waals surface area contributed by atoms with Crippen LogP contribution in [-0.2, 0) is 6.61 Å². The monoisotopic (exact) mass is 320 g/mol. The van der Waals surface area contributed by atoms with Crippen molar-refractivity contribution in [3.05, 3.63) is 52.6 Å². The van der Waals surface area contributed by atoms with Gasteiger partial charge in [-0.3, -0.25) is 0 Å². The Morgan fingerprint density at radius 3 is 2.74 bits per heavy atom. The number of hydrogen-bond acceptors (Lipinski definition) is 3. The van der Waals surface area contributed by atoms with Gasteiger partial charge in [0.15, 0.2) is 0 Å². The van der Waals surface area contributed by atoms with Crippen LogP contribution in [0.3, 0.4) is 0 Å². The highest BCUT2D eigenvalue weighted by molar-refractivity contribution is 9.10. The summed E-state index contributed by atoms with van der Waals surface area (Å²) < 4.78 is 6.81. The van der Waals surface area contributed by atoms with Crippen molar-refractivity contribution >= 4 is 21.7 Å². The maximum atomic E-state index is 5.77. The molecular formula is C15H17BrN2O. The van der Waals surface area contributed by atoms with Crippen LogP contribution in [0.25, 0.3) is 0 Å². The molecule has 2 rings (SSSR count). The summed E-state index contributed by atoms with van der Waals surface area (Å²) in [6, 6.07) is 11.8. The quantitative estimate of drug-likeness (QED) is 0.864. The van der Waals surface area contributed by atoms with Crippen LogP contribution in [0.15, 0.2) is 47.1 Å². The second-order valence-corrected chi connectivity index (χ2v) is 5.10. The molecule has 0 atom stereocenters. The second-order valence-electron chi connectivity index (χ2n) is 4.18. The Hall–Kier alpha value is -1.55. The molecule has 4 heteroatoms. The van der Waals surface area contributed by atoms with Crippen molar-refractivity contribution in [2.75, 3.05) is 11.9 Å². The first-order chi connectivity index (χ1) is 9.29. The molecule has 100 valence electrons. The zero-order valence-corrected chi connectivity index (χ0v) is 12.5. The fourth-order valence-electron chi connectivity index (χ4n) is 1.65. The van der Waals surface area contributed by atoms with Crippen molar-refractivity contribution in [3.8, 4) is 5.75 Å². The Morgan fingerprint density at radius 2 is 2.00 bits per heavy atom. The van der Waals surface area contributed by atoms with Crippen molar-refractivity contribution in [3.63, 3.8) is 0 Å². The number of halogens is 1. The van der Waals surface area contributed by atoms with Crippen LogP contribution in [0.1, 0.15) is 18.9 Å². The molecule has 3 nitrogen and oxygen atoms in total. The first-order valence-electron chi connectivity index (χ1n) is 6.35. The standard InChI is InChI=1S/C15H17BrN2O/c1-2-9-17-15-12(4-3-10-18-15)11-19-14-7-5-13(16)6-8-14/h3-8,10H,2,9,11H2,1H3,(H,17,18). The predicted molar refractivity (Wildman–Crippen MR) is 81.5 cm³/mol. The summed E-state index contributed by atoms with van der Waals surface area (Å²) in [5, 5.41) is 3.31. The Labute approximate surface area is 122 Å². The fourth-order valence-corrected chi connectivity index (χ4v) is 1.91. The topological polar surface area (TPSA) is 34.2 Å². The van der Waals surface area contributed by atoms with Gasteiger partial charge in [-0.15, -0.1) is 0 Å². The number of anilines is 1. The summed E-state index contributed by atoms with van der Waals surface area (Å²) in [5.41, 5.74) is 1.07. The third-order valence-corrected chi connectivity index (χ3v) is 3.17. The molecule has 2 aromatic rings. The van der Waals surface area contributed by atoms with Crippen molar-refractivity contribution in [1.82, 2.24) is 4.98 Å². The molecule has 1 aromatic carbocycles. The van der Waals surface area contributed by atoms with Gasteiger partial charge in [-0.05, 0) is 36.8 Å². The number of pyridine rings is 1. The first kappa shape index (κ1) is 13.9. The zero-order chi connectivity index (χ0) is 13.5. The van der Waals surface area contributed by atoms with Gasteiger partial charge in [0, 0.05) is 22.8 Å². The van der Waals surface area contributed by atoms with E-state index in [0.717, 1.165) is 34.6 Å². The van der Waals surface area contributed by atoms with Gasteiger partial charge in [0.2, 0.25) is 0 Å². The zero-order valence-electron chi connectivity index (χ0n) is 10.9.